The van der Waals surface area contributed by atoms with Crippen LogP contribution in [0.3, 0.4) is 0 Å². The van der Waals surface area contributed by atoms with E-state index >= 15 is 0 Å². The zero-order valence-corrected chi connectivity index (χ0v) is 19.4. The van der Waals surface area contributed by atoms with Gasteiger partial charge in [-0.3, -0.25) is 9.59 Å². The Balaban J connectivity index is 1.82. The molecule has 0 aromatic heterocycles. The van der Waals surface area contributed by atoms with E-state index in [0.29, 0.717) is 28.0 Å². The number of amides is 2. The highest BCUT2D eigenvalue weighted by atomic mass is 35.5. The van der Waals surface area contributed by atoms with Crippen LogP contribution in [-0.4, -0.2) is 23.3 Å². The number of benzene rings is 3. The van der Waals surface area contributed by atoms with Crippen molar-refractivity contribution in [1.29, 1.82) is 0 Å². The van der Waals surface area contributed by atoms with E-state index < -0.39 is 0 Å². The van der Waals surface area contributed by atoms with Gasteiger partial charge in [0.25, 0.3) is 5.91 Å². The lowest BCUT2D eigenvalue weighted by molar-refractivity contribution is -0.136. The monoisotopic (exact) mass is 470 g/mol. The van der Waals surface area contributed by atoms with Crippen LogP contribution in [0, 0.1) is 0 Å². The SMILES string of the molecule is CC(=O)Nc1cccc(C(C)N(Cc2ccccc2)C(=O)COc2ccc(Cl)cc2Cl)c1. The third kappa shape index (κ3) is 6.49. The predicted octanol–water partition coefficient (Wildman–Crippen LogP) is 6.12. The predicted molar refractivity (Wildman–Crippen MR) is 128 cm³/mol. The standard InChI is InChI=1S/C25H24Cl2N2O3/c1-17(20-9-6-10-22(13-20)28-18(2)30)29(15-19-7-4-3-5-8-19)25(31)16-32-24-12-11-21(26)14-23(24)27/h3-14,17H,15-16H2,1-2H3,(H,28,30). The Bertz CT molecular complexity index is 1090. The molecule has 0 bridgehead atoms. The number of ether oxygens (including phenoxy) is 1. The molecule has 3 aromatic rings. The summed E-state index contributed by atoms with van der Waals surface area (Å²) >= 11 is 12.1. The van der Waals surface area contributed by atoms with Crippen LogP contribution in [0.1, 0.15) is 31.0 Å². The molecule has 32 heavy (non-hydrogen) atoms. The number of nitrogens with zero attached hydrogens (tertiary/aromatic N) is 1. The largest absolute Gasteiger partial charge is 0.482 e. The maximum atomic E-state index is 13.2. The summed E-state index contributed by atoms with van der Waals surface area (Å²) in [7, 11) is 0. The maximum Gasteiger partial charge on any atom is 0.261 e. The molecule has 7 heteroatoms. The van der Waals surface area contributed by atoms with Gasteiger partial charge in [-0.1, -0.05) is 65.7 Å². The Labute approximate surface area is 197 Å². The molecule has 0 spiro atoms. The topological polar surface area (TPSA) is 58.6 Å². The van der Waals surface area contributed by atoms with E-state index in [1.807, 2.05) is 61.5 Å². The van der Waals surface area contributed by atoms with Crippen molar-refractivity contribution in [2.24, 2.45) is 0 Å². The smallest absolute Gasteiger partial charge is 0.261 e. The van der Waals surface area contributed by atoms with Crippen LogP contribution in [0.2, 0.25) is 10.0 Å². The lowest BCUT2D eigenvalue weighted by Crippen LogP contribution is -2.36. The molecule has 0 aliphatic heterocycles. The second-order valence-corrected chi connectivity index (χ2v) is 8.20. The minimum absolute atomic E-state index is 0.153. The van der Waals surface area contributed by atoms with Crippen molar-refractivity contribution in [1.82, 2.24) is 4.90 Å². The Kier molecular flexibility index (Phi) is 8.14. The van der Waals surface area contributed by atoms with Crippen molar-refractivity contribution in [3.05, 3.63) is 94.0 Å². The zero-order valence-electron chi connectivity index (χ0n) is 17.8. The highest BCUT2D eigenvalue weighted by Gasteiger charge is 2.23. The van der Waals surface area contributed by atoms with Gasteiger partial charge >= 0.3 is 0 Å². The summed E-state index contributed by atoms with van der Waals surface area (Å²) < 4.78 is 5.70. The normalized spacial score (nSPS) is 11.5. The number of rotatable bonds is 8. The number of halogens is 2. The van der Waals surface area contributed by atoms with Crippen LogP contribution in [0.4, 0.5) is 5.69 Å². The van der Waals surface area contributed by atoms with Crippen molar-refractivity contribution in [3.63, 3.8) is 0 Å². The molecular weight excluding hydrogens is 447 g/mol. The Morgan fingerprint density at radius 2 is 1.75 bits per heavy atom. The molecule has 0 aliphatic carbocycles. The van der Waals surface area contributed by atoms with Gasteiger partial charge in [0.05, 0.1) is 11.1 Å². The highest BCUT2D eigenvalue weighted by molar-refractivity contribution is 6.35. The Morgan fingerprint density at radius 1 is 1.00 bits per heavy atom. The summed E-state index contributed by atoms with van der Waals surface area (Å²) in [5.74, 6) is 0.0435. The van der Waals surface area contributed by atoms with Gasteiger partial charge < -0.3 is 15.0 Å². The number of anilines is 1. The molecule has 0 radical (unpaired) electrons. The van der Waals surface area contributed by atoms with Gasteiger partial charge in [-0.2, -0.15) is 0 Å². The van der Waals surface area contributed by atoms with Gasteiger partial charge in [-0.15, -0.1) is 0 Å². The van der Waals surface area contributed by atoms with Crippen molar-refractivity contribution in [2.45, 2.75) is 26.4 Å². The maximum absolute atomic E-state index is 13.2. The van der Waals surface area contributed by atoms with Crippen LogP contribution in [0.25, 0.3) is 0 Å². The minimum Gasteiger partial charge on any atom is -0.482 e. The molecule has 1 N–H and O–H groups in total. The zero-order chi connectivity index (χ0) is 23.1. The summed E-state index contributed by atoms with van der Waals surface area (Å²) in [5.41, 5.74) is 2.57. The van der Waals surface area contributed by atoms with E-state index in [1.165, 1.54) is 6.92 Å². The fraction of sp³-hybridized carbons (Fsp3) is 0.200. The molecule has 2 amide bonds. The van der Waals surface area contributed by atoms with E-state index in [2.05, 4.69) is 5.32 Å². The molecule has 5 nitrogen and oxygen atoms in total. The fourth-order valence-corrected chi connectivity index (χ4v) is 3.76. The van der Waals surface area contributed by atoms with Crippen LogP contribution >= 0.6 is 23.2 Å². The van der Waals surface area contributed by atoms with Crippen LogP contribution in [0.15, 0.2) is 72.8 Å². The molecule has 0 heterocycles. The lowest BCUT2D eigenvalue weighted by atomic mass is 10.0. The lowest BCUT2D eigenvalue weighted by Gasteiger charge is -2.30. The first-order valence-corrected chi connectivity index (χ1v) is 10.9. The van der Waals surface area contributed by atoms with Crippen molar-refractivity contribution >= 4 is 40.7 Å². The van der Waals surface area contributed by atoms with Crippen LogP contribution in [0.5, 0.6) is 5.75 Å². The molecule has 0 saturated carbocycles. The molecule has 3 rings (SSSR count). The van der Waals surface area contributed by atoms with Gasteiger partial charge in [0.15, 0.2) is 6.61 Å². The molecule has 0 aliphatic rings. The molecule has 0 saturated heterocycles. The molecule has 0 fully saturated rings. The summed E-state index contributed by atoms with van der Waals surface area (Å²) in [5, 5.41) is 3.62. The van der Waals surface area contributed by atoms with E-state index in [4.69, 9.17) is 27.9 Å². The summed E-state index contributed by atoms with van der Waals surface area (Å²) in [6.07, 6.45) is 0. The fourth-order valence-electron chi connectivity index (χ4n) is 3.30. The third-order valence-corrected chi connectivity index (χ3v) is 5.45. The number of carbonyl (C=O) groups is 2. The molecule has 166 valence electrons. The highest BCUT2D eigenvalue weighted by Crippen LogP contribution is 2.29. The second-order valence-electron chi connectivity index (χ2n) is 7.35. The quantitative estimate of drug-likeness (QED) is 0.431. The Hall–Kier alpha value is -3.02. The van der Waals surface area contributed by atoms with Crippen molar-refractivity contribution in [3.8, 4) is 5.75 Å². The summed E-state index contributed by atoms with van der Waals surface area (Å²) in [6, 6.07) is 21.8. The van der Waals surface area contributed by atoms with Gasteiger partial charge in [0, 0.05) is 24.2 Å². The minimum atomic E-state index is -0.263. The number of carbonyl (C=O) groups excluding carboxylic acids is 2. The van der Waals surface area contributed by atoms with Gasteiger partial charge in [-0.25, -0.2) is 0 Å². The molecule has 1 unspecified atom stereocenters. The number of nitrogens with one attached hydrogen (secondary N) is 1. The van der Waals surface area contributed by atoms with E-state index in [1.54, 1.807) is 23.1 Å². The van der Waals surface area contributed by atoms with Gasteiger partial charge in [0.1, 0.15) is 5.75 Å². The molecule has 1 atom stereocenters. The first-order chi connectivity index (χ1) is 15.3. The third-order valence-electron chi connectivity index (χ3n) is 4.92. The average Bonchev–Trinajstić information content (AvgIpc) is 2.76. The van der Waals surface area contributed by atoms with Gasteiger partial charge in [0.2, 0.25) is 5.91 Å². The average molecular weight is 471 g/mol. The first kappa shape index (κ1) is 23.6. The second kappa shape index (κ2) is 11.0. The Morgan fingerprint density at radius 3 is 2.44 bits per heavy atom. The van der Waals surface area contributed by atoms with Crippen LogP contribution < -0.4 is 10.1 Å². The van der Waals surface area contributed by atoms with Crippen molar-refractivity contribution < 1.29 is 14.3 Å². The van der Waals surface area contributed by atoms with Gasteiger partial charge in [-0.05, 0) is 48.4 Å². The van der Waals surface area contributed by atoms with Crippen LogP contribution in [-0.2, 0) is 16.1 Å². The summed E-state index contributed by atoms with van der Waals surface area (Å²) in [4.78, 5) is 26.4. The van der Waals surface area contributed by atoms with E-state index in [9.17, 15) is 9.59 Å². The van der Waals surface area contributed by atoms with Crippen molar-refractivity contribution in [2.75, 3.05) is 11.9 Å². The summed E-state index contributed by atoms with van der Waals surface area (Å²) in [6.45, 7) is 3.64. The van der Waals surface area contributed by atoms with E-state index in [-0.39, 0.29) is 24.5 Å². The molecule has 3 aromatic carbocycles. The first-order valence-electron chi connectivity index (χ1n) is 10.1. The molecular formula is C25H24Cl2N2O3. The van der Waals surface area contributed by atoms with E-state index in [0.717, 1.165) is 11.1 Å². The number of hydrogen-bond donors (Lipinski definition) is 1. The number of hydrogen-bond acceptors (Lipinski definition) is 3.